The summed E-state index contributed by atoms with van der Waals surface area (Å²) >= 11 is 0. The molecule has 0 N–H and O–H groups in total. The Kier molecular flexibility index (Phi) is 4.87. The molecular weight excluding hydrogens is 360 g/mol. The number of fused-ring (bicyclic) bond motifs is 1. The minimum Gasteiger partial charge on any atom is -0.342 e. The average molecular weight is 386 g/mol. The maximum absolute atomic E-state index is 13.1. The van der Waals surface area contributed by atoms with Crippen molar-refractivity contribution in [1.29, 1.82) is 5.26 Å². The van der Waals surface area contributed by atoms with Gasteiger partial charge in [-0.3, -0.25) is 4.79 Å². The van der Waals surface area contributed by atoms with E-state index in [1.807, 2.05) is 41.5 Å². The van der Waals surface area contributed by atoms with Gasteiger partial charge in [-0.2, -0.15) is 5.26 Å². The highest BCUT2D eigenvalue weighted by Crippen LogP contribution is 2.31. The van der Waals surface area contributed by atoms with Crippen molar-refractivity contribution in [2.75, 3.05) is 13.1 Å². The molecule has 4 rings (SSSR count). The second-order valence-electron chi connectivity index (χ2n) is 8.44. The van der Waals surface area contributed by atoms with Gasteiger partial charge in [0.1, 0.15) is 5.65 Å². The van der Waals surface area contributed by atoms with Crippen LogP contribution in [0.5, 0.6) is 0 Å². The second-order valence-corrected chi connectivity index (χ2v) is 8.44. The molecule has 0 unspecified atom stereocenters. The van der Waals surface area contributed by atoms with Crippen LogP contribution in [0.3, 0.4) is 0 Å². The van der Waals surface area contributed by atoms with Crippen LogP contribution in [0.4, 0.5) is 0 Å². The molecule has 1 amide bonds. The molecule has 3 heterocycles. The van der Waals surface area contributed by atoms with Gasteiger partial charge in [0.15, 0.2) is 0 Å². The molecular formula is C24H26N4O. The van der Waals surface area contributed by atoms with Gasteiger partial charge in [0.2, 0.25) is 5.91 Å². The van der Waals surface area contributed by atoms with Gasteiger partial charge < -0.3 is 9.30 Å². The smallest absolute Gasteiger partial charge is 0.228 e. The number of nitriles is 1. The molecule has 0 aliphatic carbocycles. The molecule has 1 aliphatic rings. The van der Waals surface area contributed by atoms with E-state index in [0.29, 0.717) is 19.5 Å². The highest BCUT2D eigenvalue weighted by Gasteiger charge is 2.32. The van der Waals surface area contributed by atoms with Crippen LogP contribution in [-0.2, 0) is 11.2 Å². The Labute approximate surface area is 171 Å². The van der Waals surface area contributed by atoms with Crippen LogP contribution in [0.15, 0.2) is 42.6 Å². The van der Waals surface area contributed by atoms with Gasteiger partial charge in [0.25, 0.3) is 0 Å². The van der Waals surface area contributed by atoms with Gasteiger partial charge in [-0.15, -0.1) is 0 Å². The number of piperidine rings is 1. The fourth-order valence-electron chi connectivity index (χ4n) is 3.93. The number of hydrogen-bond donors (Lipinski definition) is 0. The lowest BCUT2D eigenvalue weighted by atomic mass is 9.82. The molecule has 1 aromatic carbocycles. The summed E-state index contributed by atoms with van der Waals surface area (Å²) in [6.45, 7) is 7.37. The largest absolute Gasteiger partial charge is 0.342 e. The van der Waals surface area contributed by atoms with E-state index in [-0.39, 0.29) is 11.3 Å². The summed E-state index contributed by atoms with van der Waals surface area (Å²) in [5.74, 6) is 0.0988. The first-order valence-electron chi connectivity index (χ1n) is 10.1. The van der Waals surface area contributed by atoms with E-state index in [0.717, 1.165) is 41.0 Å². The number of likely N-dealkylation sites (tertiary alicyclic amines) is 1. The summed E-state index contributed by atoms with van der Waals surface area (Å²) in [6, 6.07) is 14.7. The van der Waals surface area contributed by atoms with Crippen molar-refractivity contribution in [2.45, 2.75) is 40.0 Å². The molecule has 5 heteroatoms. The van der Waals surface area contributed by atoms with Gasteiger partial charge in [-0.25, -0.2) is 4.98 Å². The Morgan fingerprint density at radius 3 is 2.41 bits per heavy atom. The number of carbonyl (C=O) groups is 1. The van der Waals surface area contributed by atoms with E-state index in [1.165, 1.54) is 5.56 Å². The Balaban J connectivity index is 1.68. The summed E-state index contributed by atoms with van der Waals surface area (Å²) in [6.07, 6.45) is 3.81. The first-order chi connectivity index (χ1) is 13.9. The lowest BCUT2D eigenvalue weighted by Gasteiger charge is -2.35. The minimum absolute atomic E-state index is 0.0988. The van der Waals surface area contributed by atoms with Crippen molar-refractivity contribution >= 4 is 11.6 Å². The third-order valence-electron chi connectivity index (χ3n) is 6.00. The van der Waals surface area contributed by atoms with Crippen LogP contribution in [-0.4, -0.2) is 33.3 Å². The van der Waals surface area contributed by atoms with Crippen molar-refractivity contribution in [3.05, 3.63) is 59.4 Å². The monoisotopic (exact) mass is 386 g/mol. The molecule has 0 radical (unpaired) electrons. The van der Waals surface area contributed by atoms with Gasteiger partial charge in [0.05, 0.1) is 29.3 Å². The Morgan fingerprint density at radius 2 is 1.76 bits per heavy atom. The van der Waals surface area contributed by atoms with Crippen molar-refractivity contribution < 1.29 is 4.79 Å². The number of rotatable bonds is 3. The van der Waals surface area contributed by atoms with Crippen LogP contribution >= 0.6 is 0 Å². The molecule has 148 valence electrons. The number of aromatic nitrogens is 2. The Hall–Kier alpha value is -3.13. The number of amides is 1. The Bertz CT molecular complexity index is 1100. The fourth-order valence-corrected chi connectivity index (χ4v) is 3.93. The van der Waals surface area contributed by atoms with E-state index in [9.17, 15) is 10.1 Å². The first-order valence-corrected chi connectivity index (χ1v) is 10.1. The van der Waals surface area contributed by atoms with Crippen molar-refractivity contribution in [1.82, 2.24) is 14.3 Å². The predicted molar refractivity (Wildman–Crippen MR) is 113 cm³/mol. The topological polar surface area (TPSA) is 61.4 Å². The fraction of sp³-hybridized carbons (Fsp3) is 0.375. The van der Waals surface area contributed by atoms with Crippen molar-refractivity contribution in [2.24, 2.45) is 5.41 Å². The number of benzene rings is 1. The zero-order valence-corrected chi connectivity index (χ0v) is 17.3. The Morgan fingerprint density at radius 1 is 1.10 bits per heavy atom. The molecule has 0 spiro atoms. The van der Waals surface area contributed by atoms with E-state index >= 15 is 0 Å². The summed E-state index contributed by atoms with van der Waals surface area (Å²) in [5, 5.41) is 9.34. The summed E-state index contributed by atoms with van der Waals surface area (Å²) in [5.41, 5.74) is 5.67. The van der Waals surface area contributed by atoms with Gasteiger partial charge >= 0.3 is 0 Å². The maximum atomic E-state index is 13.1. The third kappa shape index (κ3) is 3.75. The highest BCUT2D eigenvalue weighted by atomic mass is 16.2. The van der Waals surface area contributed by atoms with Gasteiger partial charge in [-0.05, 0) is 45.2 Å². The normalized spacial score (nSPS) is 16.0. The summed E-state index contributed by atoms with van der Waals surface area (Å²) < 4.78 is 2.05. The molecule has 5 nitrogen and oxygen atoms in total. The quantitative estimate of drug-likeness (QED) is 0.674. The molecule has 1 aliphatic heterocycles. The number of hydrogen-bond acceptors (Lipinski definition) is 3. The number of carbonyl (C=O) groups excluding carboxylic acids is 1. The third-order valence-corrected chi connectivity index (χ3v) is 6.00. The van der Waals surface area contributed by atoms with Crippen LogP contribution < -0.4 is 0 Å². The molecule has 0 bridgehead atoms. The molecule has 2 aromatic heterocycles. The van der Waals surface area contributed by atoms with Crippen LogP contribution in [0.25, 0.3) is 16.9 Å². The molecule has 1 fully saturated rings. The summed E-state index contributed by atoms with van der Waals surface area (Å²) in [7, 11) is 0. The number of imidazole rings is 1. The maximum Gasteiger partial charge on any atom is 0.228 e. The average Bonchev–Trinajstić information content (AvgIpc) is 3.06. The lowest BCUT2D eigenvalue weighted by molar-refractivity contribution is -0.132. The molecule has 0 atom stereocenters. The first kappa shape index (κ1) is 19.2. The SMILES string of the molecule is Cc1ccc(-c2nc3ccc(C)cn3c2CC(=O)N2CCC(C)(C#N)CC2)cc1. The highest BCUT2D eigenvalue weighted by molar-refractivity contribution is 5.82. The zero-order valence-electron chi connectivity index (χ0n) is 17.3. The van der Waals surface area contributed by atoms with Crippen molar-refractivity contribution in [3.8, 4) is 17.3 Å². The molecule has 1 saturated heterocycles. The lowest BCUT2D eigenvalue weighted by Crippen LogP contribution is -2.42. The standard InChI is InChI=1S/C24H26N4O/c1-17-4-7-19(8-5-17)23-20(28-15-18(2)6-9-21(28)26-23)14-22(29)27-12-10-24(3,16-25)11-13-27/h4-9,15H,10-14H2,1-3H3. The van der Waals surface area contributed by atoms with Gasteiger partial charge in [0, 0.05) is 24.8 Å². The van der Waals surface area contributed by atoms with Crippen molar-refractivity contribution in [3.63, 3.8) is 0 Å². The van der Waals surface area contributed by atoms with Crippen LogP contribution in [0, 0.1) is 30.6 Å². The molecule has 29 heavy (non-hydrogen) atoms. The second kappa shape index (κ2) is 7.36. The summed E-state index contributed by atoms with van der Waals surface area (Å²) in [4.78, 5) is 19.9. The van der Waals surface area contributed by atoms with Gasteiger partial charge in [-0.1, -0.05) is 35.9 Å². The minimum atomic E-state index is -0.315. The number of pyridine rings is 1. The number of aryl methyl sites for hydroxylation is 2. The number of nitrogens with zero attached hydrogens (tertiary/aromatic N) is 4. The zero-order chi connectivity index (χ0) is 20.6. The molecule has 3 aromatic rings. The molecule has 0 saturated carbocycles. The van der Waals surface area contributed by atoms with E-state index in [4.69, 9.17) is 4.98 Å². The van der Waals surface area contributed by atoms with Crippen LogP contribution in [0.2, 0.25) is 0 Å². The predicted octanol–water partition coefficient (Wildman–Crippen LogP) is 4.31. The van der Waals surface area contributed by atoms with Crippen LogP contribution in [0.1, 0.15) is 36.6 Å². The van der Waals surface area contributed by atoms with E-state index in [2.05, 4.69) is 37.3 Å². The van der Waals surface area contributed by atoms with E-state index in [1.54, 1.807) is 0 Å². The van der Waals surface area contributed by atoms with E-state index < -0.39 is 0 Å².